The fourth-order valence-corrected chi connectivity index (χ4v) is 4.27. The van der Waals surface area contributed by atoms with Gasteiger partial charge in [-0.3, -0.25) is 9.69 Å². The third-order valence-corrected chi connectivity index (χ3v) is 6.24. The second kappa shape index (κ2) is 8.80. The van der Waals surface area contributed by atoms with Gasteiger partial charge in [0.15, 0.2) is 5.69 Å². The van der Waals surface area contributed by atoms with E-state index >= 15 is 0 Å². The summed E-state index contributed by atoms with van der Waals surface area (Å²) in [6, 6.07) is 11.5. The van der Waals surface area contributed by atoms with E-state index in [0.29, 0.717) is 28.0 Å². The van der Waals surface area contributed by atoms with Crippen LogP contribution in [0.15, 0.2) is 47.6 Å². The van der Waals surface area contributed by atoms with Crippen LogP contribution < -0.4 is 9.64 Å². The lowest BCUT2D eigenvalue weighted by molar-refractivity contribution is -0.118. The summed E-state index contributed by atoms with van der Waals surface area (Å²) >= 11 is 7.80. The molecule has 6 nitrogen and oxygen atoms in total. The van der Waals surface area contributed by atoms with Crippen LogP contribution in [0.5, 0.6) is 5.88 Å². The van der Waals surface area contributed by atoms with Crippen molar-refractivity contribution in [2.75, 3.05) is 10.7 Å². The maximum Gasteiger partial charge on any atom is 0.247 e. The van der Waals surface area contributed by atoms with E-state index in [0.717, 1.165) is 5.75 Å². The fourth-order valence-electron chi connectivity index (χ4n) is 3.29. The van der Waals surface area contributed by atoms with Gasteiger partial charge >= 0.3 is 0 Å². The minimum absolute atomic E-state index is 0.0528. The van der Waals surface area contributed by atoms with E-state index in [1.807, 2.05) is 6.07 Å². The number of amides is 1. The lowest BCUT2D eigenvalue weighted by Gasteiger charge is -2.30. The van der Waals surface area contributed by atoms with E-state index in [2.05, 4.69) is 29.0 Å². The number of halogens is 2. The summed E-state index contributed by atoms with van der Waals surface area (Å²) in [5.74, 6) is 0.487. The third-order valence-electron chi connectivity index (χ3n) is 4.64. The number of thioether (sulfide) groups is 1. The SMILES string of the molecule is CC(=O)N1c2ccccc2-c2nnc(SCC(C)C)nc2O[C@@H]1c1c(F)cccc1Cl. The van der Waals surface area contributed by atoms with Crippen molar-refractivity contribution in [3.63, 3.8) is 0 Å². The normalized spacial score (nSPS) is 15.2. The Kier molecular flexibility index (Phi) is 6.11. The van der Waals surface area contributed by atoms with Crippen LogP contribution in [-0.2, 0) is 4.79 Å². The molecule has 1 aromatic heterocycles. The van der Waals surface area contributed by atoms with Gasteiger partial charge in [0.1, 0.15) is 5.82 Å². The summed E-state index contributed by atoms with van der Waals surface area (Å²) in [6.45, 7) is 5.58. The number of hydrogen-bond acceptors (Lipinski definition) is 6. The average molecular weight is 459 g/mol. The highest BCUT2D eigenvalue weighted by Gasteiger charge is 2.37. The number of anilines is 1. The Morgan fingerprint density at radius 2 is 2.00 bits per heavy atom. The number of ether oxygens (including phenoxy) is 1. The van der Waals surface area contributed by atoms with Crippen LogP contribution in [0, 0.1) is 11.7 Å². The molecule has 2 heterocycles. The van der Waals surface area contributed by atoms with Crippen molar-refractivity contribution < 1.29 is 13.9 Å². The molecule has 0 bridgehead atoms. The van der Waals surface area contributed by atoms with Crippen LogP contribution in [0.1, 0.15) is 32.6 Å². The van der Waals surface area contributed by atoms with Gasteiger partial charge < -0.3 is 4.74 Å². The molecule has 0 saturated heterocycles. The van der Waals surface area contributed by atoms with Crippen molar-refractivity contribution >= 4 is 35.0 Å². The smallest absolute Gasteiger partial charge is 0.247 e. The zero-order chi connectivity index (χ0) is 22.1. The summed E-state index contributed by atoms with van der Waals surface area (Å²) in [4.78, 5) is 18.6. The van der Waals surface area contributed by atoms with Crippen molar-refractivity contribution in [2.24, 2.45) is 5.92 Å². The number of carbonyl (C=O) groups excluding carboxylic acids is 1. The van der Waals surface area contributed by atoms with Crippen LogP contribution in [-0.4, -0.2) is 26.8 Å². The van der Waals surface area contributed by atoms with E-state index in [4.69, 9.17) is 16.3 Å². The molecule has 0 N–H and O–H groups in total. The number of fused-ring (bicyclic) bond motifs is 3. The predicted octanol–water partition coefficient (Wildman–Crippen LogP) is 5.52. The molecule has 1 amide bonds. The number of carbonyl (C=O) groups is 1. The van der Waals surface area contributed by atoms with Crippen LogP contribution in [0.4, 0.5) is 10.1 Å². The summed E-state index contributed by atoms with van der Waals surface area (Å²) in [5.41, 5.74) is 1.56. The first-order chi connectivity index (χ1) is 14.9. The number of para-hydroxylation sites is 1. The molecule has 1 aliphatic heterocycles. The standard InChI is InChI=1S/C22H20ClFN4O2S/c1-12(2)11-31-22-25-20-19(26-27-22)14-7-4-5-10-17(14)28(13(3)29)21(30-20)18-15(23)8-6-9-16(18)24/h4-10,12,21H,11H2,1-3H3/t21-/m1/s1. The summed E-state index contributed by atoms with van der Waals surface area (Å²) in [5, 5.41) is 9.16. The molecular weight excluding hydrogens is 439 g/mol. The van der Waals surface area contributed by atoms with E-state index < -0.39 is 12.0 Å². The van der Waals surface area contributed by atoms with Crippen molar-refractivity contribution in [3.05, 3.63) is 58.9 Å². The van der Waals surface area contributed by atoms with Gasteiger partial charge in [-0.05, 0) is 24.1 Å². The lowest BCUT2D eigenvalue weighted by atomic mass is 10.1. The molecule has 31 heavy (non-hydrogen) atoms. The van der Waals surface area contributed by atoms with Gasteiger partial charge in [0, 0.05) is 18.2 Å². The van der Waals surface area contributed by atoms with Crippen molar-refractivity contribution in [3.8, 4) is 17.1 Å². The van der Waals surface area contributed by atoms with Gasteiger partial charge in [0.2, 0.25) is 23.2 Å². The molecular formula is C22H20ClFN4O2S. The van der Waals surface area contributed by atoms with Crippen molar-refractivity contribution in [1.82, 2.24) is 15.2 Å². The first-order valence-electron chi connectivity index (χ1n) is 9.74. The minimum atomic E-state index is -1.16. The Labute approximate surface area is 188 Å². The average Bonchev–Trinajstić information content (AvgIpc) is 2.86. The number of benzene rings is 2. The molecule has 1 atom stereocenters. The van der Waals surface area contributed by atoms with Crippen molar-refractivity contribution in [1.29, 1.82) is 0 Å². The first kappa shape index (κ1) is 21.5. The maximum atomic E-state index is 14.9. The zero-order valence-electron chi connectivity index (χ0n) is 17.2. The Hall–Kier alpha value is -2.71. The van der Waals surface area contributed by atoms with E-state index in [1.54, 1.807) is 24.3 Å². The highest BCUT2D eigenvalue weighted by molar-refractivity contribution is 7.99. The molecule has 0 unspecified atom stereocenters. The van der Waals surface area contributed by atoms with E-state index in [9.17, 15) is 9.18 Å². The summed E-state index contributed by atoms with van der Waals surface area (Å²) in [7, 11) is 0. The Bertz CT molecular complexity index is 1120. The molecule has 0 fully saturated rings. The number of aromatic nitrogens is 3. The number of hydrogen-bond donors (Lipinski definition) is 0. The fraction of sp³-hybridized carbons (Fsp3) is 0.273. The van der Waals surface area contributed by atoms with Crippen LogP contribution in [0.2, 0.25) is 5.02 Å². The Balaban J connectivity index is 1.92. The number of nitrogens with zero attached hydrogens (tertiary/aromatic N) is 4. The van der Waals surface area contributed by atoms with E-state index in [1.165, 1.54) is 35.7 Å². The molecule has 2 aromatic carbocycles. The molecule has 9 heteroatoms. The second-order valence-electron chi connectivity index (χ2n) is 7.46. The molecule has 160 valence electrons. The Morgan fingerprint density at radius 1 is 1.23 bits per heavy atom. The molecule has 3 aromatic rings. The van der Waals surface area contributed by atoms with Crippen molar-refractivity contribution in [2.45, 2.75) is 32.2 Å². The second-order valence-corrected chi connectivity index (χ2v) is 8.86. The molecule has 0 saturated carbocycles. The number of rotatable bonds is 4. The van der Waals surface area contributed by atoms with Crippen LogP contribution in [0.25, 0.3) is 11.3 Å². The van der Waals surface area contributed by atoms with Gasteiger partial charge in [-0.25, -0.2) is 4.39 Å². The zero-order valence-corrected chi connectivity index (χ0v) is 18.7. The first-order valence-corrected chi connectivity index (χ1v) is 11.1. The maximum absolute atomic E-state index is 14.9. The molecule has 0 spiro atoms. The van der Waals surface area contributed by atoms with E-state index in [-0.39, 0.29) is 22.4 Å². The highest BCUT2D eigenvalue weighted by atomic mass is 35.5. The van der Waals surface area contributed by atoms with Gasteiger partial charge in [0.05, 0.1) is 16.3 Å². The van der Waals surface area contributed by atoms with Gasteiger partial charge in [-0.1, -0.05) is 61.5 Å². The third kappa shape index (κ3) is 4.22. The van der Waals surface area contributed by atoms with Gasteiger partial charge in [-0.15, -0.1) is 10.2 Å². The van der Waals surface area contributed by atoms with Crippen LogP contribution >= 0.6 is 23.4 Å². The minimum Gasteiger partial charge on any atom is -0.447 e. The monoisotopic (exact) mass is 458 g/mol. The summed E-state index contributed by atoms with van der Waals surface area (Å²) < 4.78 is 21.1. The van der Waals surface area contributed by atoms with Gasteiger partial charge in [-0.2, -0.15) is 4.98 Å². The topological polar surface area (TPSA) is 68.2 Å². The quantitative estimate of drug-likeness (QED) is 0.479. The Morgan fingerprint density at radius 3 is 2.71 bits per heavy atom. The summed E-state index contributed by atoms with van der Waals surface area (Å²) in [6.07, 6.45) is -1.16. The highest BCUT2D eigenvalue weighted by Crippen LogP contribution is 2.44. The molecule has 0 radical (unpaired) electrons. The van der Waals surface area contributed by atoms with Crippen LogP contribution in [0.3, 0.4) is 0 Å². The largest absolute Gasteiger partial charge is 0.447 e. The molecule has 4 rings (SSSR count). The molecule has 0 aliphatic carbocycles. The van der Waals surface area contributed by atoms with Gasteiger partial charge in [0.25, 0.3) is 0 Å². The molecule has 1 aliphatic rings. The predicted molar refractivity (Wildman–Crippen MR) is 119 cm³/mol. The lowest BCUT2D eigenvalue weighted by Crippen LogP contribution is -2.36.